The number of ether oxygens (including phenoxy) is 1. The SMILES string of the molecule is CC(C(=O)NCC(c1ccc(F)cc1)N1CCOCC1)C1CNC1. The number of nitrogens with zero attached hydrogens (tertiary/aromatic N) is 1. The molecule has 132 valence electrons. The summed E-state index contributed by atoms with van der Waals surface area (Å²) in [6.07, 6.45) is 0. The molecule has 2 atom stereocenters. The van der Waals surface area contributed by atoms with Crippen molar-refractivity contribution in [3.05, 3.63) is 35.6 Å². The number of rotatable bonds is 6. The molecule has 2 heterocycles. The van der Waals surface area contributed by atoms with E-state index in [9.17, 15) is 9.18 Å². The van der Waals surface area contributed by atoms with E-state index in [1.807, 2.05) is 6.92 Å². The predicted molar refractivity (Wildman–Crippen MR) is 90.1 cm³/mol. The Balaban J connectivity index is 1.64. The van der Waals surface area contributed by atoms with E-state index in [1.165, 1.54) is 12.1 Å². The van der Waals surface area contributed by atoms with Gasteiger partial charge in [0.25, 0.3) is 0 Å². The smallest absolute Gasteiger partial charge is 0.223 e. The Morgan fingerprint density at radius 2 is 2.00 bits per heavy atom. The zero-order chi connectivity index (χ0) is 16.9. The van der Waals surface area contributed by atoms with Crippen LogP contribution in [0.1, 0.15) is 18.5 Å². The van der Waals surface area contributed by atoms with Gasteiger partial charge in [-0.3, -0.25) is 9.69 Å². The van der Waals surface area contributed by atoms with Gasteiger partial charge in [-0.25, -0.2) is 4.39 Å². The molecule has 2 saturated heterocycles. The van der Waals surface area contributed by atoms with Crippen molar-refractivity contribution in [3.8, 4) is 0 Å². The standard InChI is InChI=1S/C18H26FN3O2/c1-13(15-10-20-11-15)18(23)21-12-17(22-6-8-24-9-7-22)14-2-4-16(19)5-3-14/h2-5,13,15,17,20H,6-12H2,1H3,(H,21,23). The van der Waals surface area contributed by atoms with E-state index < -0.39 is 0 Å². The lowest BCUT2D eigenvalue weighted by Crippen LogP contribution is -2.51. The Morgan fingerprint density at radius 3 is 2.58 bits per heavy atom. The van der Waals surface area contributed by atoms with E-state index >= 15 is 0 Å². The molecular weight excluding hydrogens is 309 g/mol. The van der Waals surface area contributed by atoms with Crippen molar-refractivity contribution in [2.75, 3.05) is 45.9 Å². The van der Waals surface area contributed by atoms with Gasteiger partial charge in [0.15, 0.2) is 0 Å². The Bertz CT molecular complexity index is 542. The highest BCUT2D eigenvalue weighted by molar-refractivity contribution is 5.78. The Kier molecular flexibility index (Phi) is 5.81. The molecule has 2 aliphatic rings. The minimum Gasteiger partial charge on any atom is -0.379 e. The third kappa shape index (κ3) is 4.12. The van der Waals surface area contributed by atoms with Gasteiger partial charge in [0, 0.05) is 25.6 Å². The number of benzene rings is 1. The van der Waals surface area contributed by atoms with Crippen LogP contribution in [0.2, 0.25) is 0 Å². The first kappa shape index (κ1) is 17.3. The van der Waals surface area contributed by atoms with Gasteiger partial charge in [-0.05, 0) is 36.7 Å². The fourth-order valence-electron chi connectivity index (χ4n) is 3.27. The molecule has 24 heavy (non-hydrogen) atoms. The number of morpholine rings is 1. The molecule has 2 aliphatic heterocycles. The van der Waals surface area contributed by atoms with E-state index in [0.717, 1.165) is 31.7 Å². The number of carbonyl (C=O) groups is 1. The minimum atomic E-state index is -0.241. The maximum Gasteiger partial charge on any atom is 0.223 e. The second-order valence-electron chi connectivity index (χ2n) is 6.67. The summed E-state index contributed by atoms with van der Waals surface area (Å²) in [6.45, 7) is 7.38. The molecule has 0 radical (unpaired) electrons. The van der Waals surface area contributed by atoms with Crippen LogP contribution < -0.4 is 10.6 Å². The third-order valence-electron chi connectivity index (χ3n) is 5.14. The highest BCUT2D eigenvalue weighted by atomic mass is 19.1. The zero-order valence-electron chi connectivity index (χ0n) is 14.1. The summed E-state index contributed by atoms with van der Waals surface area (Å²) >= 11 is 0. The molecule has 0 aromatic heterocycles. The molecule has 2 N–H and O–H groups in total. The maximum absolute atomic E-state index is 13.2. The number of amides is 1. The molecular formula is C18H26FN3O2. The van der Waals surface area contributed by atoms with Crippen LogP contribution in [0.25, 0.3) is 0 Å². The lowest BCUT2D eigenvalue weighted by atomic mass is 9.88. The summed E-state index contributed by atoms with van der Waals surface area (Å²) in [5.41, 5.74) is 1.02. The van der Waals surface area contributed by atoms with Crippen LogP contribution in [-0.2, 0) is 9.53 Å². The number of halogens is 1. The fourth-order valence-corrected chi connectivity index (χ4v) is 3.27. The van der Waals surface area contributed by atoms with Crippen LogP contribution >= 0.6 is 0 Å². The topological polar surface area (TPSA) is 53.6 Å². The molecule has 0 spiro atoms. The molecule has 2 unspecified atom stereocenters. The van der Waals surface area contributed by atoms with E-state index in [0.29, 0.717) is 25.7 Å². The second kappa shape index (κ2) is 8.05. The normalized spacial score (nSPS) is 21.8. The van der Waals surface area contributed by atoms with Crippen LogP contribution in [0, 0.1) is 17.7 Å². The van der Waals surface area contributed by atoms with Gasteiger partial charge in [0.1, 0.15) is 5.82 Å². The zero-order valence-corrected chi connectivity index (χ0v) is 14.1. The summed E-state index contributed by atoms with van der Waals surface area (Å²) < 4.78 is 18.7. The monoisotopic (exact) mass is 335 g/mol. The minimum absolute atomic E-state index is 0.0183. The summed E-state index contributed by atoms with van der Waals surface area (Å²) in [4.78, 5) is 14.7. The number of hydrogen-bond acceptors (Lipinski definition) is 4. The molecule has 0 aliphatic carbocycles. The Hall–Kier alpha value is -1.50. The van der Waals surface area contributed by atoms with E-state index in [1.54, 1.807) is 12.1 Å². The van der Waals surface area contributed by atoms with Crippen LogP contribution in [0.5, 0.6) is 0 Å². The average Bonchev–Trinajstić information content (AvgIpc) is 2.56. The molecule has 0 bridgehead atoms. The van der Waals surface area contributed by atoms with E-state index in [4.69, 9.17) is 4.74 Å². The highest BCUT2D eigenvalue weighted by Gasteiger charge is 2.30. The Morgan fingerprint density at radius 1 is 1.33 bits per heavy atom. The number of hydrogen-bond donors (Lipinski definition) is 2. The first-order chi connectivity index (χ1) is 11.6. The molecule has 5 nitrogen and oxygen atoms in total. The summed E-state index contributed by atoms with van der Waals surface area (Å²) in [7, 11) is 0. The summed E-state index contributed by atoms with van der Waals surface area (Å²) in [5, 5.41) is 6.31. The first-order valence-corrected chi connectivity index (χ1v) is 8.71. The van der Waals surface area contributed by atoms with Gasteiger partial charge < -0.3 is 15.4 Å². The second-order valence-corrected chi connectivity index (χ2v) is 6.67. The van der Waals surface area contributed by atoms with Crippen molar-refractivity contribution < 1.29 is 13.9 Å². The van der Waals surface area contributed by atoms with Crippen molar-refractivity contribution >= 4 is 5.91 Å². The van der Waals surface area contributed by atoms with Crippen molar-refractivity contribution in [1.29, 1.82) is 0 Å². The third-order valence-corrected chi connectivity index (χ3v) is 5.14. The van der Waals surface area contributed by atoms with E-state index in [-0.39, 0.29) is 23.7 Å². The van der Waals surface area contributed by atoms with Gasteiger partial charge in [0.2, 0.25) is 5.91 Å². The van der Waals surface area contributed by atoms with Crippen LogP contribution in [0.3, 0.4) is 0 Å². The van der Waals surface area contributed by atoms with Crippen molar-refractivity contribution in [2.45, 2.75) is 13.0 Å². The van der Waals surface area contributed by atoms with Gasteiger partial charge >= 0.3 is 0 Å². The summed E-state index contributed by atoms with van der Waals surface area (Å²) in [6, 6.07) is 6.62. The number of carbonyl (C=O) groups excluding carboxylic acids is 1. The van der Waals surface area contributed by atoms with Crippen molar-refractivity contribution in [2.24, 2.45) is 11.8 Å². The molecule has 3 rings (SSSR count). The molecule has 1 amide bonds. The quantitative estimate of drug-likeness (QED) is 0.819. The van der Waals surface area contributed by atoms with Crippen LogP contribution in [0.15, 0.2) is 24.3 Å². The Labute approximate surface area is 142 Å². The lowest BCUT2D eigenvalue weighted by molar-refractivity contribution is -0.127. The lowest BCUT2D eigenvalue weighted by Gasteiger charge is -2.36. The van der Waals surface area contributed by atoms with Crippen molar-refractivity contribution in [3.63, 3.8) is 0 Å². The molecule has 6 heteroatoms. The molecule has 0 saturated carbocycles. The van der Waals surface area contributed by atoms with E-state index in [2.05, 4.69) is 15.5 Å². The average molecular weight is 335 g/mol. The predicted octanol–water partition coefficient (Wildman–Crippen LogP) is 1.17. The first-order valence-electron chi connectivity index (χ1n) is 8.71. The molecule has 2 fully saturated rings. The van der Waals surface area contributed by atoms with Gasteiger partial charge in [-0.2, -0.15) is 0 Å². The van der Waals surface area contributed by atoms with Crippen LogP contribution in [0.4, 0.5) is 4.39 Å². The van der Waals surface area contributed by atoms with Gasteiger partial charge in [-0.15, -0.1) is 0 Å². The van der Waals surface area contributed by atoms with Crippen molar-refractivity contribution in [1.82, 2.24) is 15.5 Å². The van der Waals surface area contributed by atoms with Crippen LogP contribution in [-0.4, -0.2) is 56.7 Å². The fraction of sp³-hybridized carbons (Fsp3) is 0.611. The van der Waals surface area contributed by atoms with Gasteiger partial charge in [-0.1, -0.05) is 19.1 Å². The largest absolute Gasteiger partial charge is 0.379 e. The molecule has 1 aromatic carbocycles. The highest BCUT2D eigenvalue weighted by Crippen LogP contribution is 2.22. The maximum atomic E-state index is 13.2. The molecule has 1 aromatic rings. The summed E-state index contributed by atoms with van der Waals surface area (Å²) in [5.74, 6) is 0.305. The van der Waals surface area contributed by atoms with Gasteiger partial charge in [0.05, 0.1) is 19.3 Å². The number of nitrogens with one attached hydrogen (secondary N) is 2.